The lowest BCUT2D eigenvalue weighted by Gasteiger charge is -2.30. The Bertz CT molecular complexity index is 585. The molecule has 0 fully saturated rings. The molecule has 2 nitrogen and oxygen atoms in total. The van der Waals surface area contributed by atoms with E-state index in [2.05, 4.69) is 30.3 Å². The van der Waals surface area contributed by atoms with Gasteiger partial charge >= 0.3 is 0 Å². The Morgan fingerprint density at radius 1 is 1.26 bits per heavy atom. The molecule has 1 aliphatic carbocycles. The zero-order valence-electron chi connectivity index (χ0n) is 11.6. The van der Waals surface area contributed by atoms with Crippen molar-refractivity contribution in [3.8, 4) is 0 Å². The second-order valence-electron chi connectivity index (χ2n) is 5.59. The van der Waals surface area contributed by atoms with Gasteiger partial charge in [0.25, 0.3) is 0 Å². The van der Waals surface area contributed by atoms with E-state index in [4.69, 9.17) is 10.2 Å². The van der Waals surface area contributed by atoms with E-state index in [0.29, 0.717) is 5.92 Å². The molecule has 0 radical (unpaired) electrons. The van der Waals surface area contributed by atoms with Crippen molar-refractivity contribution in [2.24, 2.45) is 5.73 Å². The molecule has 1 aliphatic rings. The van der Waals surface area contributed by atoms with Crippen LogP contribution in [-0.4, -0.2) is 0 Å². The van der Waals surface area contributed by atoms with Crippen LogP contribution in [0.15, 0.2) is 34.7 Å². The molecule has 2 aromatic rings. The summed E-state index contributed by atoms with van der Waals surface area (Å²) in [6, 6.07) is 10.9. The van der Waals surface area contributed by atoms with Crippen LogP contribution in [0.5, 0.6) is 0 Å². The highest BCUT2D eigenvalue weighted by Gasteiger charge is 2.28. The van der Waals surface area contributed by atoms with Gasteiger partial charge in [0.05, 0.1) is 0 Å². The number of aryl methyl sites for hydroxylation is 3. The van der Waals surface area contributed by atoms with Crippen LogP contribution in [0, 0.1) is 13.8 Å². The van der Waals surface area contributed by atoms with E-state index in [1.54, 1.807) is 0 Å². The Balaban J connectivity index is 1.97. The van der Waals surface area contributed by atoms with Crippen LogP contribution >= 0.6 is 0 Å². The van der Waals surface area contributed by atoms with Crippen molar-refractivity contribution in [3.05, 3.63) is 58.5 Å². The number of benzene rings is 1. The quantitative estimate of drug-likeness (QED) is 0.880. The number of fused-ring (bicyclic) bond motifs is 1. The molecule has 1 aromatic carbocycles. The van der Waals surface area contributed by atoms with Crippen molar-refractivity contribution in [1.82, 2.24) is 0 Å². The van der Waals surface area contributed by atoms with Gasteiger partial charge < -0.3 is 10.2 Å². The lowest BCUT2D eigenvalue weighted by atomic mass is 9.77. The highest BCUT2D eigenvalue weighted by molar-refractivity contribution is 5.37. The Morgan fingerprint density at radius 2 is 2.05 bits per heavy atom. The molecule has 0 saturated carbocycles. The molecule has 19 heavy (non-hydrogen) atoms. The van der Waals surface area contributed by atoms with Gasteiger partial charge in [0.1, 0.15) is 11.5 Å². The molecule has 1 heterocycles. The third kappa shape index (κ3) is 2.21. The predicted octanol–water partition coefficient (Wildman–Crippen LogP) is 4.02. The smallest absolute Gasteiger partial charge is 0.105 e. The summed E-state index contributed by atoms with van der Waals surface area (Å²) in [4.78, 5) is 0. The van der Waals surface area contributed by atoms with Crippen LogP contribution < -0.4 is 5.73 Å². The van der Waals surface area contributed by atoms with Gasteiger partial charge in [-0.25, -0.2) is 0 Å². The summed E-state index contributed by atoms with van der Waals surface area (Å²) >= 11 is 0. The number of rotatable bonds is 2. The first kappa shape index (κ1) is 12.5. The third-order valence-electron chi connectivity index (χ3n) is 4.29. The molecule has 2 unspecified atom stereocenters. The molecule has 100 valence electrons. The first-order valence-corrected chi connectivity index (χ1v) is 7.07. The average Bonchev–Trinajstić information content (AvgIpc) is 2.76. The van der Waals surface area contributed by atoms with Crippen molar-refractivity contribution in [1.29, 1.82) is 0 Å². The van der Waals surface area contributed by atoms with Crippen molar-refractivity contribution in [2.45, 2.75) is 45.1 Å². The van der Waals surface area contributed by atoms with Gasteiger partial charge in [-0.15, -0.1) is 0 Å². The van der Waals surface area contributed by atoms with Crippen LogP contribution in [-0.2, 0) is 6.42 Å². The molecule has 0 bridgehead atoms. The fourth-order valence-electron chi connectivity index (χ4n) is 3.36. The topological polar surface area (TPSA) is 39.2 Å². The summed E-state index contributed by atoms with van der Waals surface area (Å²) in [6.07, 6.45) is 3.58. The first-order valence-electron chi connectivity index (χ1n) is 7.07. The van der Waals surface area contributed by atoms with E-state index in [1.165, 1.54) is 36.0 Å². The maximum Gasteiger partial charge on any atom is 0.105 e. The van der Waals surface area contributed by atoms with E-state index < -0.39 is 0 Å². The van der Waals surface area contributed by atoms with Gasteiger partial charge in [-0.3, -0.25) is 0 Å². The standard InChI is InChI=1S/C17H21NO/c1-11-10-16(12(2)19-11)17(18)15-9-5-7-13-6-3-4-8-14(13)15/h3-4,6,8,10,15,17H,5,7,9,18H2,1-2H3. The van der Waals surface area contributed by atoms with Crippen molar-refractivity contribution >= 4 is 0 Å². The minimum Gasteiger partial charge on any atom is -0.466 e. The third-order valence-corrected chi connectivity index (χ3v) is 4.29. The van der Waals surface area contributed by atoms with Crippen LogP contribution in [0.2, 0.25) is 0 Å². The minimum atomic E-state index is 0.0406. The van der Waals surface area contributed by atoms with Crippen LogP contribution in [0.1, 0.15) is 53.0 Å². The molecule has 3 rings (SSSR count). The van der Waals surface area contributed by atoms with Crippen molar-refractivity contribution < 1.29 is 4.42 Å². The molecule has 0 spiro atoms. The fraction of sp³-hybridized carbons (Fsp3) is 0.412. The summed E-state index contributed by atoms with van der Waals surface area (Å²) in [7, 11) is 0. The van der Waals surface area contributed by atoms with Crippen molar-refractivity contribution in [3.63, 3.8) is 0 Å². The van der Waals surface area contributed by atoms with Gasteiger partial charge in [-0.2, -0.15) is 0 Å². The summed E-state index contributed by atoms with van der Waals surface area (Å²) in [5.74, 6) is 2.33. The molecular weight excluding hydrogens is 234 g/mol. The zero-order chi connectivity index (χ0) is 13.4. The molecular formula is C17H21NO. The molecule has 2 atom stereocenters. The monoisotopic (exact) mass is 255 g/mol. The lowest BCUT2D eigenvalue weighted by Crippen LogP contribution is -2.23. The molecule has 0 amide bonds. The Hall–Kier alpha value is -1.54. The van der Waals surface area contributed by atoms with Gasteiger partial charge in [-0.05, 0) is 50.3 Å². The van der Waals surface area contributed by atoms with Crippen LogP contribution in [0.4, 0.5) is 0 Å². The Labute approximate surface area is 114 Å². The maximum absolute atomic E-state index is 6.54. The zero-order valence-corrected chi connectivity index (χ0v) is 11.6. The largest absolute Gasteiger partial charge is 0.466 e. The number of furan rings is 1. The van der Waals surface area contributed by atoms with Crippen molar-refractivity contribution in [2.75, 3.05) is 0 Å². The number of nitrogens with two attached hydrogens (primary N) is 1. The van der Waals surface area contributed by atoms with Gasteiger partial charge in [-0.1, -0.05) is 24.3 Å². The second kappa shape index (κ2) is 4.86. The summed E-state index contributed by atoms with van der Waals surface area (Å²) in [5, 5.41) is 0. The normalized spacial score (nSPS) is 20.1. The van der Waals surface area contributed by atoms with E-state index in [1.807, 2.05) is 13.8 Å². The highest BCUT2D eigenvalue weighted by Crippen LogP contribution is 2.40. The van der Waals surface area contributed by atoms with Gasteiger partial charge in [0, 0.05) is 17.5 Å². The Kier molecular flexibility index (Phi) is 3.19. The predicted molar refractivity (Wildman–Crippen MR) is 77.2 cm³/mol. The van der Waals surface area contributed by atoms with E-state index >= 15 is 0 Å². The van der Waals surface area contributed by atoms with Crippen LogP contribution in [0.3, 0.4) is 0 Å². The highest BCUT2D eigenvalue weighted by atomic mass is 16.3. The summed E-state index contributed by atoms with van der Waals surface area (Å²) in [6.45, 7) is 4.00. The van der Waals surface area contributed by atoms with E-state index in [0.717, 1.165) is 11.5 Å². The molecule has 0 saturated heterocycles. The molecule has 2 heteroatoms. The SMILES string of the molecule is Cc1cc(C(N)C2CCCc3ccccc32)c(C)o1. The lowest BCUT2D eigenvalue weighted by molar-refractivity contribution is 0.457. The Morgan fingerprint density at radius 3 is 2.79 bits per heavy atom. The molecule has 1 aromatic heterocycles. The maximum atomic E-state index is 6.54. The fourth-order valence-corrected chi connectivity index (χ4v) is 3.36. The summed E-state index contributed by atoms with van der Waals surface area (Å²) < 4.78 is 5.63. The van der Waals surface area contributed by atoms with E-state index in [9.17, 15) is 0 Å². The first-order chi connectivity index (χ1) is 9.16. The van der Waals surface area contributed by atoms with E-state index in [-0.39, 0.29) is 6.04 Å². The number of hydrogen-bond donors (Lipinski definition) is 1. The minimum absolute atomic E-state index is 0.0406. The van der Waals surface area contributed by atoms with Gasteiger partial charge in [0.2, 0.25) is 0 Å². The van der Waals surface area contributed by atoms with Crippen LogP contribution in [0.25, 0.3) is 0 Å². The van der Waals surface area contributed by atoms with Gasteiger partial charge in [0.15, 0.2) is 0 Å². The molecule has 2 N–H and O–H groups in total. The molecule has 0 aliphatic heterocycles. The average molecular weight is 255 g/mol. The number of hydrogen-bond acceptors (Lipinski definition) is 2. The second-order valence-corrected chi connectivity index (χ2v) is 5.59. The summed E-state index contributed by atoms with van der Waals surface area (Å²) in [5.41, 5.74) is 10.6.